The molecule has 1 fully saturated rings. The van der Waals surface area contributed by atoms with Crippen LogP contribution in [0, 0.1) is 5.41 Å². The number of nitrogens with one attached hydrogen (secondary N) is 1. The Morgan fingerprint density at radius 1 is 1.14 bits per heavy atom. The molecule has 5 heteroatoms. The smallest absolute Gasteiger partial charge is 0.303 e. The van der Waals surface area contributed by atoms with Crippen molar-refractivity contribution in [2.24, 2.45) is 5.41 Å². The van der Waals surface area contributed by atoms with E-state index in [1.165, 1.54) is 19.3 Å². The molecule has 1 aliphatic carbocycles. The SMILES string of the molecule is CN(C)C1(CNC(=O)CC(C)(C)CC(=O)O)CCCCC1. The van der Waals surface area contributed by atoms with Crippen molar-refractivity contribution in [3.63, 3.8) is 0 Å². The first-order valence-corrected chi connectivity index (χ1v) is 7.83. The second kappa shape index (κ2) is 7.25. The van der Waals surface area contributed by atoms with E-state index in [4.69, 9.17) is 5.11 Å². The molecule has 0 aromatic rings. The largest absolute Gasteiger partial charge is 0.481 e. The maximum absolute atomic E-state index is 12.1. The van der Waals surface area contributed by atoms with E-state index in [9.17, 15) is 9.59 Å². The van der Waals surface area contributed by atoms with Crippen LogP contribution in [0.5, 0.6) is 0 Å². The summed E-state index contributed by atoms with van der Waals surface area (Å²) in [6, 6.07) is 0. The van der Waals surface area contributed by atoms with Gasteiger partial charge in [0.1, 0.15) is 0 Å². The Labute approximate surface area is 128 Å². The van der Waals surface area contributed by atoms with Gasteiger partial charge in [-0.2, -0.15) is 0 Å². The molecule has 0 aromatic carbocycles. The van der Waals surface area contributed by atoms with Gasteiger partial charge in [-0.05, 0) is 32.4 Å². The van der Waals surface area contributed by atoms with E-state index in [1.807, 2.05) is 13.8 Å². The molecule has 0 aliphatic heterocycles. The number of amides is 1. The second-order valence-electron chi connectivity index (χ2n) is 7.37. The van der Waals surface area contributed by atoms with Crippen LogP contribution in [0.2, 0.25) is 0 Å². The summed E-state index contributed by atoms with van der Waals surface area (Å²) in [6.07, 6.45) is 6.17. The first kappa shape index (κ1) is 18.0. The molecule has 0 spiro atoms. The van der Waals surface area contributed by atoms with E-state index in [0.717, 1.165) is 12.8 Å². The maximum Gasteiger partial charge on any atom is 0.303 e. The Morgan fingerprint density at radius 3 is 2.19 bits per heavy atom. The summed E-state index contributed by atoms with van der Waals surface area (Å²) < 4.78 is 0. The summed E-state index contributed by atoms with van der Waals surface area (Å²) in [5.41, 5.74) is -0.446. The third-order valence-corrected chi connectivity index (χ3v) is 4.62. The number of carbonyl (C=O) groups excluding carboxylic acids is 1. The van der Waals surface area contributed by atoms with Gasteiger partial charge in [-0.3, -0.25) is 9.59 Å². The van der Waals surface area contributed by atoms with Crippen molar-refractivity contribution in [3.8, 4) is 0 Å². The molecule has 21 heavy (non-hydrogen) atoms. The molecule has 0 unspecified atom stereocenters. The topological polar surface area (TPSA) is 69.6 Å². The average Bonchev–Trinajstić information content (AvgIpc) is 2.35. The van der Waals surface area contributed by atoms with E-state index >= 15 is 0 Å². The number of hydrogen-bond acceptors (Lipinski definition) is 3. The third-order valence-electron chi connectivity index (χ3n) is 4.62. The van der Waals surface area contributed by atoms with Gasteiger partial charge in [-0.15, -0.1) is 0 Å². The van der Waals surface area contributed by atoms with Gasteiger partial charge in [0.25, 0.3) is 0 Å². The number of rotatable bonds is 7. The van der Waals surface area contributed by atoms with Crippen LogP contribution >= 0.6 is 0 Å². The zero-order valence-electron chi connectivity index (χ0n) is 13.9. The van der Waals surface area contributed by atoms with E-state index in [2.05, 4.69) is 24.3 Å². The molecule has 0 bridgehead atoms. The maximum atomic E-state index is 12.1. The molecule has 1 amide bonds. The number of hydrogen-bond donors (Lipinski definition) is 2. The molecule has 0 aromatic heterocycles. The molecule has 1 rings (SSSR count). The number of carbonyl (C=O) groups is 2. The minimum atomic E-state index is -0.857. The minimum Gasteiger partial charge on any atom is -0.481 e. The molecule has 122 valence electrons. The summed E-state index contributed by atoms with van der Waals surface area (Å²) in [5.74, 6) is -0.905. The quantitative estimate of drug-likeness (QED) is 0.756. The summed E-state index contributed by atoms with van der Waals surface area (Å²) in [5, 5.41) is 11.9. The lowest BCUT2D eigenvalue weighted by Crippen LogP contribution is -2.54. The van der Waals surface area contributed by atoms with Crippen molar-refractivity contribution in [3.05, 3.63) is 0 Å². The fraction of sp³-hybridized carbons (Fsp3) is 0.875. The molecule has 5 nitrogen and oxygen atoms in total. The van der Waals surface area contributed by atoms with Crippen molar-refractivity contribution in [1.82, 2.24) is 10.2 Å². The Morgan fingerprint density at radius 2 is 1.71 bits per heavy atom. The van der Waals surface area contributed by atoms with Gasteiger partial charge in [0.05, 0.1) is 6.42 Å². The van der Waals surface area contributed by atoms with Crippen LogP contribution in [0.3, 0.4) is 0 Å². The number of carboxylic acids is 1. The fourth-order valence-electron chi connectivity index (χ4n) is 3.22. The predicted molar refractivity (Wildman–Crippen MR) is 83.2 cm³/mol. The predicted octanol–water partition coefficient (Wildman–Crippen LogP) is 2.26. The summed E-state index contributed by atoms with van der Waals surface area (Å²) in [7, 11) is 4.15. The molecule has 1 aliphatic rings. The molecule has 0 saturated heterocycles. The molecule has 0 atom stereocenters. The van der Waals surface area contributed by atoms with Crippen LogP contribution in [0.4, 0.5) is 0 Å². The minimum absolute atomic E-state index is 0.0131. The van der Waals surface area contributed by atoms with Gasteiger partial charge in [-0.1, -0.05) is 33.1 Å². The lowest BCUT2D eigenvalue weighted by atomic mass is 9.80. The van der Waals surface area contributed by atoms with Gasteiger partial charge < -0.3 is 15.3 Å². The van der Waals surface area contributed by atoms with E-state index in [0.29, 0.717) is 6.54 Å². The molecule has 0 radical (unpaired) electrons. The van der Waals surface area contributed by atoms with Gasteiger partial charge in [0.2, 0.25) is 5.91 Å². The van der Waals surface area contributed by atoms with Crippen molar-refractivity contribution in [2.75, 3.05) is 20.6 Å². The average molecular weight is 298 g/mol. The number of carboxylic acid groups (broad SMARTS) is 1. The van der Waals surface area contributed by atoms with Crippen LogP contribution in [-0.4, -0.2) is 48.1 Å². The Hall–Kier alpha value is -1.10. The molecular weight excluding hydrogens is 268 g/mol. The normalized spacial score (nSPS) is 18.5. The van der Waals surface area contributed by atoms with Gasteiger partial charge in [0.15, 0.2) is 0 Å². The van der Waals surface area contributed by atoms with Gasteiger partial charge in [-0.25, -0.2) is 0 Å². The van der Waals surface area contributed by atoms with Crippen molar-refractivity contribution >= 4 is 11.9 Å². The molecule has 2 N–H and O–H groups in total. The number of nitrogens with zero attached hydrogens (tertiary/aromatic N) is 1. The van der Waals surface area contributed by atoms with E-state index in [1.54, 1.807) is 0 Å². The van der Waals surface area contributed by atoms with Crippen LogP contribution in [0.15, 0.2) is 0 Å². The van der Waals surface area contributed by atoms with Crippen LogP contribution in [-0.2, 0) is 9.59 Å². The first-order valence-electron chi connectivity index (χ1n) is 7.83. The van der Waals surface area contributed by atoms with Crippen molar-refractivity contribution < 1.29 is 14.7 Å². The summed E-state index contributed by atoms with van der Waals surface area (Å²) >= 11 is 0. The first-order chi connectivity index (χ1) is 9.67. The van der Waals surface area contributed by atoms with Crippen LogP contribution in [0.25, 0.3) is 0 Å². The second-order valence-corrected chi connectivity index (χ2v) is 7.37. The highest BCUT2D eigenvalue weighted by molar-refractivity contribution is 5.78. The van der Waals surface area contributed by atoms with Gasteiger partial charge in [0, 0.05) is 18.5 Å². The lowest BCUT2D eigenvalue weighted by Gasteiger charge is -2.43. The van der Waals surface area contributed by atoms with Gasteiger partial charge >= 0.3 is 5.97 Å². The highest BCUT2D eigenvalue weighted by Gasteiger charge is 2.35. The molecule has 1 saturated carbocycles. The Bertz CT molecular complexity index is 372. The summed E-state index contributed by atoms with van der Waals surface area (Å²) in [4.78, 5) is 25.2. The highest BCUT2D eigenvalue weighted by Crippen LogP contribution is 2.32. The monoisotopic (exact) mass is 298 g/mol. The Balaban J connectivity index is 2.52. The Kier molecular flexibility index (Phi) is 6.20. The summed E-state index contributed by atoms with van der Waals surface area (Å²) in [6.45, 7) is 4.30. The molecular formula is C16H30N2O3. The highest BCUT2D eigenvalue weighted by atomic mass is 16.4. The zero-order chi connectivity index (χ0) is 16.1. The van der Waals surface area contributed by atoms with E-state index < -0.39 is 11.4 Å². The fourth-order valence-corrected chi connectivity index (χ4v) is 3.22. The van der Waals surface area contributed by atoms with Crippen molar-refractivity contribution in [1.29, 1.82) is 0 Å². The van der Waals surface area contributed by atoms with Crippen LogP contribution in [0.1, 0.15) is 58.8 Å². The standard InChI is InChI=1S/C16H30N2O3/c1-15(2,11-14(20)21)10-13(19)17-12-16(18(3)4)8-6-5-7-9-16/h5-12H2,1-4H3,(H,17,19)(H,20,21). The number of likely N-dealkylation sites (N-methyl/N-ethyl adjacent to an activating group) is 1. The van der Waals surface area contributed by atoms with Crippen LogP contribution < -0.4 is 5.32 Å². The number of aliphatic carboxylic acids is 1. The third kappa shape index (κ3) is 5.65. The van der Waals surface area contributed by atoms with Crippen molar-refractivity contribution in [2.45, 2.75) is 64.3 Å². The lowest BCUT2D eigenvalue weighted by molar-refractivity contribution is -0.139. The zero-order valence-corrected chi connectivity index (χ0v) is 13.9. The molecule has 0 heterocycles. The van der Waals surface area contributed by atoms with E-state index in [-0.39, 0.29) is 24.3 Å².